The summed E-state index contributed by atoms with van der Waals surface area (Å²) in [4.78, 5) is 23.9. The van der Waals surface area contributed by atoms with Crippen LogP contribution in [-0.4, -0.2) is 28.2 Å². The first kappa shape index (κ1) is 16.4. The molecule has 0 fully saturated rings. The van der Waals surface area contributed by atoms with Gasteiger partial charge in [-0.2, -0.15) is 5.10 Å². The maximum atomic E-state index is 13.6. The fourth-order valence-electron chi connectivity index (χ4n) is 2.27. The molecule has 8 heteroatoms. The largest absolute Gasteiger partial charge is 0.462 e. The Labute approximate surface area is 142 Å². The van der Waals surface area contributed by atoms with Gasteiger partial charge in [-0.1, -0.05) is 12.1 Å². The lowest BCUT2D eigenvalue weighted by Gasteiger charge is -2.09. The van der Waals surface area contributed by atoms with Crippen molar-refractivity contribution >= 4 is 28.9 Å². The summed E-state index contributed by atoms with van der Waals surface area (Å²) in [5, 5.41) is 9.07. The smallest absolute Gasteiger partial charge is 0.341 e. The molecule has 2 N–H and O–H groups in total. The number of para-hydroxylation sites is 1. The van der Waals surface area contributed by atoms with Crippen LogP contribution in [0.4, 0.5) is 20.6 Å². The van der Waals surface area contributed by atoms with E-state index in [2.05, 4.69) is 15.7 Å². The molecule has 0 atom stereocenters. The van der Waals surface area contributed by atoms with Crippen LogP contribution in [0.1, 0.15) is 17.3 Å². The van der Waals surface area contributed by atoms with Gasteiger partial charge >= 0.3 is 12.0 Å². The molecule has 2 aromatic heterocycles. The van der Waals surface area contributed by atoms with Gasteiger partial charge in [0, 0.05) is 11.9 Å². The van der Waals surface area contributed by atoms with Crippen LogP contribution in [0, 0.1) is 5.82 Å². The van der Waals surface area contributed by atoms with Crippen LogP contribution in [0.15, 0.2) is 48.8 Å². The topological polar surface area (TPSA) is 84.7 Å². The lowest BCUT2D eigenvalue weighted by molar-refractivity contribution is 0.0528. The Balaban J connectivity index is 1.79. The predicted molar refractivity (Wildman–Crippen MR) is 90.2 cm³/mol. The molecule has 2 heterocycles. The SMILES string of the molecule is CCOC(=O)c1cnn2ccc(NC(=O)Nc3ccccc3F)cc12. The van der Waals surface area contributed by atoms with Crippen LogP contribution in [0.25, 0.3) is 5.52 Å². The second-order valence-electron chi connectivity index (χ2n) is 5.08. The van der Waals surface area contributed by atoms with Crippen molar-refractivity contribution in [2.75, 3.05) is 17.2 Å². The van der Waals surface area contributed by atoms with Crippen LogP contribution in [0.5, 0.6) is 0 Å². The van der Waals surface area contributed by atoms with Crippen molar-refractivity contribution in [3.8, 4) is 0 Å². The Bertz CT molecular complexity index is 939. The summed E-state index contributed by atoms with van der Waals surface area (Å²) in [7, 11) is 0. The molecule has 0 unspecified atom stereocenters. The standard InChI is InChI=1S/C17H15FN4O3/c1-2-25-16(23)12-10-19-22-8-7-11(9-15(12)22)20-17(24)21-14-6-4-3-5-13(14)18/h3-10H,2H2,1H3,(H2,20,21,24). The number of hydrogen-bond donors (Lipinski definition) is 2. The molecule has 0 saturated carbocycles. The summed E-state index contributed by atoms with van der Waals surface area (Å²) in [6.07, 6.45) is 2.99. The highest BCUT2D eigenvalue weighted by Crippen LogP contribution is 2.18. The van der Waals surface area contributed by atoms with Crippen molar-refractivity contribution in [2.45, 2.75) is 6.92 Å². The number of fused-ring (bicyclic) bond motifs is 1. The molecule has 0 saturated heterocycles. The van der Waals surface area contributed by atoms with E-state index in [9.17, 15) is 14.0 Å². The highest BCUT2D eigenvalue weighted by atomic mass is 19.1. The van der Waals surface area contributed by atoms with E-state index >= 15 is 0 Å². The molecule has 7 nitrogen and oxygen atoms in total. The number of pyridine rings is 1. The van der Waals surface area contributed by atoms with E-state index < -0.39 is 17.8 Å². The third-order valence-corrected chi connectivity index (χ3v) is 3.40. The molecule has 0 aliphatic rings. The highest BCUT2D eigenvalue weighted by molar-refractivity contribution is 6.01. The second kappa shape index (κ2) is 7.00. The number of nitrogens with one attached hydrogen (secondary N) is 2. The van der Waals surface area contributed by atoms with E-state index in [-0.39, 0.29) is 12.3 Å². The van der Waals surface area contributed by atoms with Gasteiger partial charge in [-0.3, -0.25) is 0 Å². The highest BCUT2D eigenvalue weighted by Gasteiger charge is 2.14. The molecule has 128 valence electrons. The van der Waals surface area contributed by atoms with Crippen LogP contribution >= 0.6 is 0 Å². The summed E-state index contributed by atoms with van der Waals surface area (Å²) in [6, 6.07) is 8.43. The van der Waals surface area contributed by atoms with Gasteiger partial charge < -0.3 is 15.4 Å². The number of halogens is 1. The molecule has 0 radical (unpaired) electrons. The maximum absolute atomic E-state index is 13.6. The Morgan fingerprint density at radius 1 is 1.24 bits per heavy atom. The van der Waals surface area contributed by atoms with E-state index in [4.69, 9.17) is 4.74 Å². The van der Waals surface area contributed by atoms with Gasteiger partial charge in [-0.25, -0.2) is 18.5 Å². The average Bonchev–Trinajstić information content (AvgIpc) is 3.00. The van der Waals surface area contributed by atoms with Gasteiger partial charge in [0.05, 0.1) is 24.0 Å². The fourth-order valence-corrected chi connectivity index (χ4v) is 2.27. The van der Waals surface area contributed by atoms with Crippen molar-refractivity contribution in [3.05, 3.63) is 60.2 Å². The Morgan fingerprint density at radius 2 is 2.04 bits per heavy atom. The van der Waals surface area contributed by atoms with E-state index in [1.807, 2.05) is 0 Å². The Kier molecular flexibility index (Phi) is 4.60. The molecule has 0 aliphatic carbocycles. The minimum absolute atomic E-state index is 0.0673. The van der Waals surface area contributed by atoms with Crippen LogP contribution < -0.4 is 10.6 Å². The normalized spacial score (nSPS) is 10.5. The minimum Gasteiger partial charge on any atom is -0.462 e. The quantitative estimate of drug-likeness (QED) is 0.713. The number of nitrogens with zero attached hydrogens (tertiary/aromatic N) is 2. The van der Waals surface area contributed by atoms with Gasteiger partial charge in [0.2, 0.25) is 0 Å². The number of amides is 2. The number of carbonyl (C=O) groups is 2. The number of benzene rings is 1. The van der Waals surface area contributed by atoms with Crippen molar-refractivity contribution in [1.29, 1.82) is 0 Å². The first-order chi connectivity index (χ1) is 12.1. The number of esters is 1. The fraction of sp³-hybridized carbons (Fsp3) is 0.118. The van der Waals surface area contributed by atoms with Gasteiger partial charge in [0.15, 0.2) is 0 Å². The van der Waals surface area contributed by atoms with Crippen molar-refractivity contribution in [2.24, 2.45) is 0 Å². The second-order valence-corrected chi connectivity index (χ2v) is 5.08. The number of urea groups is 1. The maximum Gasteiger partial charge on any atom is 0.341 e. The lowest BCUT2D eigenvalue weighted by Crippen LogP contribution is -2.20. The molecule has 1 aromatic carbocycles. The summed E-state index contributed by atoms with van der Waals surface area (Å²) in [5.41, 5.74) is 1.27. The molecule has 25 heavy (non-hydrogen) atoms. The number of carbonyl (C=O) groups excluding carboxylic acids is 2. The molecule has 2 amide bonds. The first-order valence-electron chi connectivity index (χ1n) is 7.55. The van der Waals surface area contributed by atoms with Gasteiger partial charge in [0.25, 0.3) is 0 Å². The summed E-state index contributed by atoms with van der Waals surface area (Å²) < 4.78 is 20.0. The molecular formula is C17H15FN4O3. The molecule has 0 bridgehead atoms. The van der Waals surface area contributed by atoms with E-state index in [0.717, 1.165) is 0 Å². The molecule has 3 aromatic rings. The third-order valence-electron chi connectivity index (χ3n) is 3.40. The van der Waals surface area contributed by atoms with Crippen molar-refractivity contribution < 1.29 is 18.7 Å². The van der Waals surface area contributed by atoms with Crippen molar-refractivity contribution in [1.82, 2.24) is 9.61 Å². The Hall–Kier alpha value is -3.42. The summed E-state index contributed by atoms with van der Waals surface area (Å²) in [6.45, 7) is 1.96. The summed E-state index contributed by atoms with van der Waals surface area (Å²) >= 11 is 0. The average molecular weight is 342 g/mol. The number of ether oxygens (including phenoxy) is 1. The van der Waals surface area contributed by atoms with Gasteiger partial charge in [-0.05, 0) is 31.2 Å². The molecule has 0 spiro atoms. The van der Waals surface area contributed by atoms with Crippen LogP contribution in [-0.2, 0) is 4.74 Å². The molecule has 0 aliphatic heterocycles. The van der Waals surface area contributed by atoms with Crippen molar-refractivity contribution in [3.63, 3.8) is 0 Å². The third kappa shape index (κ3) is 3.57. The van der Waals surface area contributed by atoms with E-state index in [1.165, 1.54) is 28.9 Å². The van der Waals surface area contributed by atoms with Crippen LogP contribution in [0.2, 0.25) is 0 Å². The first-order valence-corrected chi connectivity index (χ1v) is 7.55. The number of hydrogen-bond acceptors (Lipinski definition) is 4. The van der Waals surface area contributed by atoms with Crippen LogP contribution in [0.3, 0.4) is 0 Å². The van der Waals surface area contributed by atoms with Gasteiger partial charge in [0.1, 0.15) is 11.4 Å². The molecule has 3 rings (SSSR count). The number of anilines is 2. The number of rotatable bonds is 4. The lowest BCUT2D eigenvalue weighted by atomic mass is 10.2. The minimum atomic E-state index is -0.605. The Morgan fingerprint density at radius 3 is 2.80 bits per heavy atom. The monoisotopic (exact) mass is 342 g/mol. The summed E-state index contributed by atoms with van der Waals surface area (Å²) in [5.74, 6) is -1.03. The zero-order valence-electron chi connectivity index (χ0n) is 13.3. The zero-order valence-corrected chi connectivity index (χ0v) is 13.3. The molecular weight excluding hydrogens is 327 g/mol. The van der Waals surface area contributed by atoms with E-state index in [0.29, 0.717) is 16.8 Å². The predicted octanol–water partition coefficient (Wildman–Crippen LogP) is 3.29. The van der Waals surface area contributed by atoms with Gasteiger partial charge in [-0.15, -0.1) is 0 Å². The van der Waals surface area contributed by atoms with E-state index in [1.54, 1.807) is 31.3 Å². The number of aromatic nitrogens is 2. The zero-order chi connectivity index (χ0) is 17.8.